The van der Waals surface area contributed by atoms with Crippen LogP contribution in [0.4, 0.5) is 10.2 Å². The molecule has 1 aromatic heterocycles. The molecule has 1 aromatic carbocycles. The lowest BCUT2D eigenvalue weighted by atomic mass is 9.96. The van der Waals surface area contributed by atoms with Crippen molar-refractivity contribution in [3.63, 3.8) is 0 Å². The summed E-state index contributed by atoms with van der Waals surface area (Å²) in [4.78, 5) is 2.34. The molecule has 4 rings (SSSR count). The molecule has 2 aliphatic heterocycles. The van der Waals surface area contributed by atoms with Gasteiger partial charge in [-0.15, -0.1) is 0 Å². The minimum atomic E-state index is -0.237. The third kappa shape index (κ3) is 3.62. The van der Waals surface area contributed by atoms with Crippen LogP contribution in [0.1, 0.15) is 26.3 Å². The number of hydrogen-bond donors (Lipinski definition) is 3. The lowest BCUT2D eigenvalue weighted by Gasteiger charge is -2.37. The van der Waals surface area contributed by atoms with E-state index in [0.29, 0.717) is 12.1 Å². The summed E-state index contributed by atoms with van der Waals surface area (Å²) < 4.78 is 13.4. The fourth-order valence-corrected chi connectivity index (χ4v) is 3.99. The Kier molecular flexibility index (Phi) is 4.74. The number of halogens is 1. The fourth-order valence-electron chi connectivity index (χ4n) is 3.99. The van der Waals surface area contributed by atoms with Crippen molar-refractivity contribution in [3.8, 4) is 11.3 Å². The van der Waals surface area contributed by atoms with E-state index in [1.165, 1.54) is 12.1 Å². The molecule has 3 heterocycles. The Morgan fingerprint density at radius 2 is 1.78 bits per heavy atom. The molecular weight excluding hydrogens is 341 g/mol. The standard InChI is InChI=1S/C21H26FN5/c1-13-10-17(8-9-23-13)19-20(16-4-6-18(22)7-5-16)25-26-21(19)27-11-14(2)24-15(3)12-27/h4-10,13-15,23-24H,11-12H2,1-3H3,(H,25,26). The van der Waals surface area contributed by atoms with Crippen molar-refractivity contribution in [3.05, 3.63) is 54.0 Å². The lowest BCUT2D eigenvalue weighted by molar-refractivity contribution is 0.405. The van der Waals surface area contributed by atoms with Crippen LogP contribution >= 0.6 is 0 Å². The maximum atomic E-state index is 13.4. The molecule has 0 aliphatic carbocycles. The van der Waals surface area contributed by atoms with Crippen LogP contribution in [0.2, 0.25) is 0 Å². The summed E-state index contributed by atoms with van der Waals surface area (Å²) in [5.41, 5.74) is 4.06. The van der Waals surface area contributed by atoms with Crippen LogP contribution in [-0.4, -0.2) is 41.4 Å². The molecule has 27 heavy (non-hydrogen) atoms. The molecule has 0 spiro atoms. The Balaban J connectivity index is 1.82. The second-order valence-corrected chi connectivity index (χ2v) is 7.59. The molecule has 2 aliphatic rings. The van der Waals surface area contributed by atoms with Gasteiger partial charge in [0.15, 0.2) is 5.82 Å². The number of benzene rings is 1. The number of nitrogens with zero attached hydrogens (tertiary/aromatic N) is 2. The third-order valence-electron chi connectivity index (χ3n) is 5.08. The van der Waals surface area contributed by atoms with Gasteiger partial charge in [-0.2, -0.15) is 5.10 Å². The Labute approximate surface area is 159 Å². The highest BCUT2D eigenvalue weighted by atomic mass is 19.1. The first-order chi connectivity index (χ1) is 13.0. The zero-order valence-electron chi connectivity index (χ0n) is 16.0. The van der Waals surface area contributed by atoms with Crippen molar-refractivity contribution in [2.45, 2.75) is 38.9 Å². The van der Waals surface area contributed by atoms with Gasteiger partial charge in [-0.05, 0) is 62.9 Å². The predicted octanol–water partition coefficient (Wildman–Crippen LogP) is 3.29. The average Bonchev–Trinajstić information content (AvgIpc) is 3.06. The van der Waals surface area contributed by atoms with Gasteiger partial charge in [-0.3, -0.25) is 5.10 Å². The van der Waals surface area contributed by atoms with Crippen molar-refractivity contribution in [2.24, 2.45) is 0 Å². The molecule has 142 valence electrons. The van der Waals surface area contributed by atoms with Gasteiger partial charge in [0.25, 0.3) is 0 Å². The molecule has 1 saturated heterocycles. The summed E-state index contributed by atoms with van der Waals surface area (Å²) >= 11 is 0. The number of nitrogens with one attached hydrogen (secondary N) is 3. The van der Waals surface area contributed by atoms with Gasteiger partial charge < -0.3 is 15.5 Å². The molecule has 1 fully saturated rings. The molecule has 3 unspecified atom stereocenters. The van der Waals surface area contributed by atoms with Crippen LogP contribution < -0.4 is 15.5 Å². The van der Waals surface area contributed by atoms with Gasteiger partial charge in [0, 0.05) is 36.8 Å². The van der Waals surface area contributed by atoms with Crippen LogP contribution in [0.15, 0.2) is 42.6 Å². The normalized spacial score (nSPS) is 25.3. The number of hydrogen-bond acceptors (Lipinski definition) is 4. The Bertz CT molecular complexity index is 857. The van der Waals surface area contributed by atoms with E-state index in [4.69, 9.17) is 5.10 Å². The van der Waals surface area contributed by atoms with Crippen molar-refractivity contribution >= 4 is 11.4 Å². The maximum Gasteiger partial charge on any atom is 0.159 e. The van der Waals surface area contributed by atoms with Crippen molar-refractivity contribution in [2.75, 3.05) is 18.0 Å². The van der Waals surface area contributed by atoms with Crippen molar-refractivity contribution in [1.82, 2.24) is 20.8 Å². The summed E-state index contributed by atoms with van der Waals surface area (Å²) in [6.07, 6.45) is 6.26. The monoisotopic (exact) mass is 367 g/mol. The Hall–Kier alpha value is -2.60. The first kappa shape index (κ1) is 17.8. The van der Waals surface area contributed by atoms with Gasteiger partial charge in [0.2, 0.25) is 0 Å². The van der Waals surface area contributed by atoms with Crippen molar-refractivity contribution in [1.29, 1.82) is 0 Å². The first-order valence-corrected chi connectivity index (χ1v) is 9.51. The minimum absolute atomic E-state index is 0.237. The number of dihydropyridines is 1. The zero-order chi connectivity index (χ0) is 19.0. The van der Waals surface area contributed by atoms with Gasteiger partial charge in [0.1, 0.15) is 5.82 Å². The van der Waals surface area contributed by atoms with Crippen LogP contribution in [0.25, 0.3) is 16.8 Å². The quantitative estimate of drug-likeness (QED) is 0.779. The van der Waals surface area contributed by atoms with E-state index in [-0.39, 0.29) is 11.9 Å². The number of aromatic nitrogens is 2. The van der Waals surface area contributed by atoms with Gasteiger partial charge in [-0.1, -0.05) is 6.08 Å². The fraction of sp³-hybridized carbons (Fsp3) is 0.381. The number of allylic oxidation sites excluding steroid dienone is 2. The van der Waals surface area contributed by atoms with E-state index in [9.17, 15) is 4.39 Å². The SMILES string of the molecule is CC1C=C(c2c(N3CC(C)NC(C)C3)n[nH]c2-c2ccc(F)cc2)C=CN1. The van der Waals surface area contributed by atoms with E-state index in [1.807, 2.05) is 6.20 Å². The molecule has 5 nitrogen and oxygen atoms in total. The second kappa shape index (κ2) is 7.19. The number of rotatable bonds is 3. The molecule has 0 amide bonds. The largest absolute Gasteiger partial charge is 0.385 e. The molecule has 2 aromatic rings. The second-order valence-electron chi connectivity index (χ2n) is 7.59. The zero-order valence-corrected chi connectivity index (χ0v) is 16.0. The van der Waals surface area contributed by atoms with Gasteiger partial charge >= 0.3 is 0 Å². The van der Waals surface area contributed by atoms with E-state index < -0.39 is 0 Å². The molecule has 3 N–H and O–H groups in total. The summed E-state index contributed by atoms with van der Waals surface area (Å²) in [7, 11) is 0. The van der Waals surface area contributed by atoms with E-state index >= 15 is 0 Å². The molecular formula is C21H26FN5. The number of H-pyrrole nitrogens is 1. The summed E-state index contributed by atoms with van der Waals surface area (Å²) in [6.45, 7) is 8.31. The highest BCUT2D eigenvalue weighted by molar-refractivity contribution is 5.90. The maximum absolute atomic E-state index is 13.4. The smallest absolute Gasteiger partial charge is 0.159 e. The minimum Gasteiger partial charge on any atom is -0.385 e. The number of piperazine rings is 1. The van der Waals surface area contributed by atoms with E-state index in [0.717, 1.165) is 41.3 Å². The summed E-state index contributed by atoms with van der Waals surface area (Å²) in [5, 5.41) is 14.8. The van der Waals surface area contributed by atoms with Gasteiger partial charge in [-0.25, -0.2) is 4.39 Å². The molecule has 6 heteroatoms. The predicted molar refractivity (Wildman–Crippen MR) is 108 cm³/mol. The first-order valence-electron chi connectivity index (χ1n) is 9.51. The topological polar surface area (TPSA) is 56.0 Å². The van der Waals surface area contributed by atoms with Gasteiger partial charge in [0.05, 0.1) is 11.3 Å². The molecule has 0 saturated carbocycles. The Morgan fingerprint density at radius 1 is 1.07 bits per heavy atom. The summed E-state index contributed by atoms with van der Waals surface area (Å²) in [5.74, 6) is 0.721. The van der Waals surface area contributed by atoms with E-state index in [2.05, 4.69) is 53.6 Å². The molecule has 0 bridgehead atoms. The highest BCUT2D eigenvalue weighted by Gasteiger charge is 2.28. The van der Waals surface area contributed by atoms with Crippen molar-refractivity contribution < 1.29 is 4.39 Å². The highest BCUT2D eigenvalue weighted by Crippen LogP contribution is 2.36. The van der Waals surface area contributed by atoms with Crippen LogP contribution in [0.5, 0.6) is 0 Å². The lowest BCUT2D eigenvalue weighted by Crippen LogP contribution is -2.54. The molecule has 0 radical (unpaired) electrons. The third-order valence-corrected chi connectivity index (χ3v) is 5.08. The number of anilines is 1. The summed E-state index contributed by atoms with van der Waals surface area (Å²) in [6, 6.07) is 7.61. The van der Waals surface area contributed by atoms with E-state index in [1.54, 1.807) is 12.1 Å². The van der Waals surface area contributed by atoms with Crippen LogP contribution in [-0.2, 0) is 0 Å². The average molecular weight is 367 g/mol. The number of aromatic amines is 1. The van der Waals surface area contributed by atoms with Crippen LogP contribution in [0.3, 0.4) is 0 Å². The van der Waals surface area contributed by atoms with Crippen LogP contribution in [0, 0.1) is 5.82 Å². The molecule has 3 atom stereocenters. The Morgan fingerprint density at radius 3 is 2.44 bits per heavy atom.